The second-order valence-corrected chi connectivity index (χ2v) is 5.48. The molecule has 1 unspecified atom stereocenters. The van der Waals surface area contributed by atoms with Crippen LogP contribution in [0.15, 0.2) is 42.5 Å². The van der Waals surface area contributed by atoms with Crippen molar-refractivity contribution in [1.29, 1.82) is 0 Å². The lowest BCUT2D eigenvalue weighted by molar-refractivity contribution is 0.721. The van der Waals surface area contributed by atoms with Crippen LogP contribution < -0.4 is 5.73 Å². The Morgan fingerprint density at radius 2 is 1.89 bits per heavy atom. The molecule has 0 aromatic heterocycles. The highest BCUT2D eigenvalue weighted by Crippen LogP contribution is 2.31. The molecule has 0 aliphatic carbocycles. The van der Waals surface area contributed by atoms with Crippen molar-refractivity contribution < 1.29 is 0 Å². The van der Waals surface area contributed by atoms with Gasteiger partial charge in [0.2, 0.25) is 0 Å². The summed E-state index contributed by atoms with van der Waals surface area (Å²) in [5.41, 5.74) is 11.0. The fraction of sp³-hybridized carbons (Fsp3) is 0.294. The Kier molecular flexibility index (Phi) is 4.62. The lowest BCUT2D eigenvalue weighted by Gasteiger charge is -2.20. The first-order valence-corrected chi connectivity index (χ1v) is 7.02. The molecule has 2 rings (SSSR count). The van der Waals surface area contributed by atoms with Crippen molar-refractivity contribution >= 4 is 11.6 Å². The summed E-state index contributed by atoms with van der Waals surface area (Å²) in [4.78, 5) is 0. The summed E-state index contributed by atoms with van der Waals surface area (Å²) < 4.78 is 0. The molecule has 2 aromatic rings. The zero-order valence-corrected chi connectivity index (χ0v) is 12.2. The molecule has 0 radical (unpaired) electrons. The first kappa shape index (κ1) is 14.1. The molecule has 0 fully saturated rings. The summed E-state index contributed by atoms with van der Waals surface area (Å²) in [5, 5.41) is 0.782. The van der Waals surface area contributed by atoms with Crippen LogP contribution in [0.2, 0.25) is 5.02 Å². The number of benzene rings is 2. The summed E-state index contributed by atoms with van der Waals surface area (Å²) in [6.45, 7) is 4.95. The minimum atomic E-state index is 0.323. The van der Waals surface area contributed by atoms with Crippen LogP contribution in [0.1, 0.15) is 34.6 Å². The summed E-state index contributed by atoms with van der Waals surface area (Å²) in [7, 11) is 0. The van der Waals surface area contributed by atoms with E-state index in [4.69, 9.17) is 17.3 Å². The maximum Gasteiger partial charge on any atom is 0.0408 e. The Bertz CT molecular complexity index is 563. The monoisotopic (exact) mass is 273 g/mol. The van der Waals surface area contributed by atoms with Crippen molar-refractivity contribution in [1.82, 2.24) is 0 Å². The predicted molar refractivity (Wildman–Crippen MR) is 82.9 cm³/mol. The quantitative estimate of drug-likeness (QED) is 0.876. The van der Waals surface area contributed by atoms with Crippen molar-refractivity contribution in [2.45, 2.75) is 26.2 Å². The minimum absolute atomic E-state index is 0.323. The smallest absolute Gasteiger partial charge is 0.0408 e. The molecule has 0 aliphatic rings. The number of aryl methyl sites for hydroxylation is 2. The van der Waals surface area contributed by atoms with Gasteiger partial charge in [0.25, 0.3) is 0 Å². The third-order valence-electron chi connectivity index (χ3n) is 3.52. The van der Waals surface area contributed by atoms with E-state index in [9.17, 15) is 0 Å². The molecule has 0 aliphatic heterocycles. The van der Waals surface area contributed by atoms with Crippen molar-refractivity contribution in [3.63, 3.8) is 0 Å². The van der Waals surface area contributed by atoms with E-state index in [1.807, 2.05) is 18.2 Å². The molecule has 0 heterocycles. The van der Waals surface area contributed by atoms with Gasteiger partial charge in [-0.3, -0.25) is 0 Å². The van der Waals surface area contributed by atoms with E-state index < -0.39 is 0 Å². The first-order chi connectivity index (χ1) is 9.11. The lowest BCUT2D eigenvalue weighted by Crippen LogP contribution is -2.10. The van der Waals surface area contributed by atoms with Crippen LogP contribution in [0.4, 0.5) is 0 Å². The topological polar surface area (TPSA) is 26.0 Å². The molecule has 0 amide bonds. The average Bonchev–Trinajstić information content (AvgIpc) is 2.39. The normalized spacial score (nSPS) is 12.4. The van der Waals surface area contributed by atoms with Crippen LogP contribution >= 0.6 is 11.6 Å². The highest BCUT2D eigenvalue weighted by molar-refractivity contribution is 6.30. The van der Waals surface area contributed by atoms with Crippen LogP contribution in [-0.4, -0.2) is 6.54 Å². The van der Waals surface area contributed by atoms with Crippen molar-refractivity contribution in [2.24, 2.45) is 5.73 Å². The van der Waals surface area contributed by atoms with Gasteiger partial charge in [-0.1, -0.05) is 47.5 Å². The fourth-order valence-corrected chi connectivity index (χ4v) is 2.73. The molecule has 1 atom stereocenters. The van der Waals surface area contributed by atoms with Gasteiger partial charge in [-0.05, 0) is 55.6 Å². The molecular weight excluding hydrogens is 254 g/mol. The molecule has 1 nitrogen and oxygen atoms in total. The Hall–Kier alpha value is -1.31. The van der Waals surface area contributed by atoms with Crippen LogP contribution in [0.3, 0.4) is 0 Å². The highest BCUT2D eigenvalue weighted by atomic mass is 35.5. The van der Waals surface area contributed by atoms with E-state index >= 15 is 0 Å². The second kappa shape index (κ2) is 6.23. The average molecular weight is 274 g/mol. The third kappa shape index (κ3) is 3.37. The van der Waals surface area contributed by atoms with Crippen molar-refractivity contribution in [3.05, 3.63) is 69.7 Å². The third-order valence-corrected chi connectivity index (χ3v) is 3.75. The van der Waals surface area contributed by atoms with E-state index in [1.165, 1.54) is 22.3 Å². The molecule has 0 saturated carbocycles. The summed E-state index contributed by atoms with van der Waals surface area (Å²) in [6, 6.07) is 14.7. The predicted octanol–water partition coefficient (Wildman–Crippen LogP) is 4.44. The number of rotatable bonds is 4. The number of hydrogen-bond acceptors (Lipinski definition) is 1. The standard InChI is InChI=1S/C17H20ClN/c1-12-6-7-13(2)17(10-12)16(8-9-19)14-4-3-5-15(18)11-14/h3-7,10-11,16H,8-9,19H2,1-2H3. The molecule has 0 saturated heterocycles. The van der Waals surface area contributed by atoms with E-state index in [-0.39, 0.29) is 0 Å². The van der Waals surface area contributed by atoms with E-state index in [2.05, 4.69) is 38.1 Å². The van der Waals surface area contributed by atoms with Crippen LogP contribution in [0, 0.1) is 13.8 Å². The van der Waals surface area contributed by atoms with Gasteiger partial charge in [-0.25, -0.2) is 0 Å². The molecular formula is C17H20ClN. The molecule has 19 heavy (non-hydrogen) atoms. The van der Waals surface area contributed by atoms with Gasteiger partial charge < -0.3 is 5.73 Å². The summed E-state index contributed by atoms with van der Waals surface area (Å²) >= 11 is 6.12. The molecule has 0 bridgehead atoms. The largest absolute Gasteiger partial charge is 0.330 e. The lowest BCUT2D eigenvalue weighted by atomic mass is 9.85. The second-order valence-electron chi connectivity index (χ2n) is 5.04. The van der Waals surface area contributed by atoms with Crippen LogP contribution in [0.25, 0.3) is 0 Å². The molecule has 2 N–H and O–H groups in total. The first-order valence-electron chi connectivity index (χ1n) is 6.64. The van der Waals surface area contributed by atoms with Crippen molar-refractivity contribution in [2.75, 3.05) is 6.54 Å². The van der Waals surface area contributed by atoms with Crippen LogP contribution in [-0.2, 0) is 0 Å². The van der Waals surface area contributed by atoms with E-state index in [0.29, 0.717) is 12.5 Å². The molecule has 0 spiro atoms. The Labute approximate surface area is 120 Å². The minimum Gasteiger partial charge on any atom is -0.330 e. The van der Waals surface area contributed by atoms with E-state index in [1.54, 1.807) is 0 Å². The number of nitrogens with two attached hydrogens (primary N) is 1. The molecule has 2 heteroatoms. The summed E-state index contributed by atoms with van der Waals surface area (Å²) in [6.07, 6.45) is 0.935. The number of halogens is 1. The SMILES string of the molecule is Cc1ccc(C)c(C(CCN)c2cccc(Cl)c2)c1. The molecule has 100 valence electrons. The van der Waals surface area contributed by atoms with Gasteiger partial charge in [0, 0.05) is 10.9 Å². The van der Waals surface area contributed by atoms with Crippen molar-refractivity contribution in [3.8, 4) is 0 Å². The maximum atomic E-state index is 6.12. The fourth-order valence-electron chi connectivity index (χ4n) is 2.53. The van der Waals surface area contributed by atoms with Gasteiger partial charge in [0.05, 0.1) is 0 Å². The molecule has 2 aromatic carbocycles. The van der Waals surface area contributed by atoms with Gasteiger partial charge >= 0.3 is 0 Å². The number of hydrogen-bond donors (Lipinski definition) is 1. The Morgan fingerprint density at radius 1 is 1.11 bits per heavy atom. The Balaban J connectivity index is 2.48. The van der Waals surface area contributed by atoms with Gasteiger partial charge in [0.15, 0.2) is 0 Å². The van der Waals surface area contributed by atoms with Gasteiger partial charge in [-0.2, -0.15) is 0 Å². The zero-order valence-electron chi connectivity index (χ0n) is 11.5. The van der Waals surface area contributed by atoms with Gasteiger partial charge in [0.1, 0.15) is 0 Å². The van der Waals surface area contributed by atoms with Crippen LogP contribution in [0.5, 0.6) is 0 Å². The van der Waals surface area contributed by atoms with E-state index in [0.717, 1.165) is 11.4 Å². The Morgan fingerprint density at radius 3 is 2.58 bits per heavy atom. The van der Waals surface area contributed by atoms with Gasteiger partial charge in [-0.15, -0.1) is 0 Å². The zero-order chi connectivity index (χ0) is 13.8. The highest BCUT2D eigenvalue weighted by Gasteiger charge is 2.16. The maximum absolute atomic E-state index is 6.12. The summed E-state index contributed by atoms with van der Waals surface area (Å²) in [5.74, 6) is 0.323.